The van der Waals surface area contributed by atoms with Gasteiger partial charge in [-0.15, -0.1) is 11.6 Å². The molecule has 0 fully saturated rings. The Kier molecular flexibility index (Phi) is 5.43. The molecule has 1 aromatic heterocycles. The van der Waals surface area contributed by atoms with Crippen LogP contribution in [0.2, 0.25) is 0 Å². The van der Waals surface area contributed by atoms with Gasteiger partial charge in [0.2, 0.25) is 5.91 Å². The van der Waals surface area contributed by atoms with Crippen LogP contribution in [0.25, 0.3) is 11.0 Å². The molecule has 1 unspecified atom stereocenters. The predicted molar refractivity (Wildman–Crippen MR) is 103 cm³/mol. The molecule has 0 aliphatic carbocycles. The van der Waals surface area contributed by atoms with E-state index >= 15 is 0 Å². The second-order valence-corrected chi connectivity index (χ2v) is 6.93. The van der Waals surface area contributed by atoms with E-state index in [2.05, 4.69) is 19.2 Å². The number of hydrogen-bond acceptors (Lipinski definition) is 3. The van der Waals surface area contributed by atoms with E-state index < -0.39 is 11.0 Å². The maximum Gasteiger partial charge on any atom is 0.336 e. The number of amides is 1. The van der Waals surface area contributed by atoms with Gasteiger partial charge in [-0.25, -0.2) is 4.79 Å². The smallest absolute Gasteiger partial charge is 0.336 e. The van der Waals surface area contributed by atoms with Gasteiger partial charge in [-0.05, 0) is 34.7 Å². The summed E-state index contributed by atoms with van der Waals surface area (Å²) in [6.07, 6.45) is 0. The van der Waals surface area contributed by atoms with Crippen molar-refractivity contribution in [2.45, 2.75) is 31.7 Å². The van der Waals surface area contributed by atoms with E-state index in [4.69, 9.17) is 16.0 Å². The van der Waals surface area contributed by atoms with Crippen LogP contribution in [0.15, 0.2) is 63.8 Å². The molecule has 0 bridgehead atoms. The Bertz CT molecular complexity index is 979. The van der Waals surface area contributed by atoms with E-state index in [1.165, 1.54) is 6.07 Å². The average Bonchev–Trinajstić information content (AvgIpc) is 2.65. The van der Waals surface area contributed by atoms with Gasteiger partial charge >= 0.3 is 5.63 Å². The SMILES string of the molecule is CC(C)c1ccc2oc(=O)cc(CNC(=O)C(Cl)c3ccccc3)c2c1. The number of hydrogen-bond donors (Lipinski definition) is 1. The highest BCUT2D eigenvalue weighted by Gasteiger charge is 2.17. The predicted octanol–water partition coefficient (Wildman–Crippen LogP) is 4.51. The largest absolute Gasteiger partial charge is 0.423 e. The Balaban J connectivity index is 1.85. The lowest BCUT2D eigenvalue weighted by Crippen LogP contribution is -2.27. The van der Waals surface area contributed by atoms with Crippen LogP contribution < -0.4 is 10.9 Å². The van der Waals surface area contributed by atoms with Crippen molar-refractivity contribution in [3.05, 3.63) is 81.7 Å². The van der Waals surface area contributed by atoms with E-state index in [0.29, 0.717) is 17.1 Å². The van der Waals surface area contributed by atoms with Crippen molar-refractivity contribution in [2.24, 2.45) is 0 Å². The molecule has 1 N–H and O–H groups in total. The van der Waals surface area contributed by atoms with Crippen LogP contribution in [0.5, 0.6) is 0 Å². The van der Waals surface area contributed by atoms with E-state index in [0.717, 1.165) is 16.5 Å². The summed E-state index contributed by atoms with van der Waals surface area (Å²) in [6, 6.07) is 16.3. The third-order valence-corrected chi connectivity index (χ3v) is 4.74. The molecule has 0 radical (unpaired) electrons. The normalized spacial score (nSPS) is 12.3. The lowest BCUT2D eigenvalue weighted by molar-refractivity contribution is -0.121. The minimum Gasteiger partial charge on any atom is -0.423 e. The Morgan fingerprint density at radius 1 is 1.08 bits per heavy atom. The summed E-state index contributed by atoms with van der Waals surface area (Å²) in [4.78, 5) is 24.2. The average molecular weight is 370 g/mol. The number of nitrogens with one attached hydrogen (secondary N) is 1. The Morgan fingerprint density at radius 3 is 2.50 bits per heavy atom. The molecule has 26 heavy (non-hydrogen) atoms. The third-order valence-electron chi connectivity index (χ3n) is 4.29. The van der Waals surface area contributed by atoms with Crippen molar-refractivity contribution in [2.75, 3.05) is 0 Å². The first-order chi connectivity index (χ1) is 12.5. The maximum absolute atomic E-state index is 12.4. The fourth-order valence-electron chi connectivity index (χ4n) is 2.80. The summed E-state index contributed by atoms with van der Waals surface area (Å²) >= 11 is 6.25. The van der Waals surface area contributed by atoms with Gasteiger partial charge < -0.3 is 9.73 Å². The van der Waals surface area contributed by atoms with Gasteiger partial charge in [0.05, 0.1) is 0 Å². The Labute approximate surface area is 156 Å². The number of alkyl halides is 1. The molecule has 3 rings (SSSR count). The van der Waals surface area contributed by atoms with Crippen LogP contribution in [0.4, 0.5) is 0 Å². The molecule has 5 heteroatoms. The maximum atomic E-state index is 12.4. The molecule has 1 amide bonds. The summed E-state index contributed by atoms with van der Waals surface area (Å²) in [5.74, 6) is 0.0401. The number of benzene rings is 2. The quantitative estimate of drug-likeness (QED) is 0.531. The highest BCUT2D eigenvalue weighted by atomic mass is 35.5. The Hall–Kier alpha value is -2.59. The molecular weight excluding hydrogens is 350 g/mol. The van der Waals surface area contributed by atoms with Gasteiger partial charge in [-0.1, -0.05) is 50.2 Å². The van der Waals surface area contributed by atoms with Crippen LogP contribution in [0.3, 0.4) is 0 Å². The van der Waals surface area contributed by atoms with E-state index in [1.54, 1.807) is 18.2 Å². The van der Waals surface area contributed by atoms with Gasteiger partial charge in [0.25, 0.3) is 0 Å². The van der Waals surface area contributed by atoms with Crippen molar-refractivity contribution >= 4 is 28.5 Å². The number of rotatable bonds is 5. The lowest BCUT2D eigenvalue weighted by Gasteiger charge is -2.13. The summed E-state index contributed by atoms with van der Waals surface area (Å²) in [5.41, 5.74) is 2.65. The minimum absolute atomic E-state index is 0.207. The molecule has 2 aromatic carbocycles. The monoisotopic (exact) mass is 369 g/mol. The second kappa shape index (κ2) is 7.75. The van der Waals surface area contributed by atoms with Crippen LogP contribution in [-0.4, -0.2) is 5.91 Å². The third kappa shape index (κ3) is 3.97. The molecule has 0 aliphatic heterocycles. The molecule has 0 saturated carbocycles. The lowest BCUT2D eigenvalue weighted by atomic mass is 9.99. The molecule has 3 aromatic rings. The van der Waals surface area contributed by atoms with Gasteiger partial charge in [0.15, 0.2) is 0 Å². The van der Waals surface area contributed by atoms with Crippen molar-refractivity contribution < 1.29 is 9.21 Å². The van der Waals surface area contributed by atoms with Gasteiger partial charge in [0, 0.05) is 18.0 Å². The van der Waals surface area contributed by atoms with Crippen LogP contribution in [-0.2, 0) is 11.3 Å². The van der Waals surface area contributed by atoms with Crippen LogP contribution in [0.1, 0.15) is 41.8 Å². The molecule has 0 aliphatic rings. The molecule has 134 valence electrons. The van der Waals surface area contributed by atoms with Gasteiger partial charge in [-0.2, -0.15) is 0 Å². The van der Waals surface area contributed by atoms with Gasteiger partial charge in [-0.3, -0.25) is 4.79 Å². The first-order valence-corrected chi connectivity index (χ1v) is 8.93. The summed E-state index contributed by atoms with van der Waals surface area (Å²) in [5, 5.41) is 2.85. The summed E-state index contributed by atoms with van der Waals surface area (Å²) in [6.45, 7) is 4.40. The van der Waals surface area contributed by atoms with E-state index in [-0.39, 0.29) is 12.5 Å². The Morgan fingerprint density at radius 2 is 1.81 bits per heavy atom. The molecule has 0 saturated heterocycles. The van der Waals surface area contributed by atoms with Gasteiger partial charge in [0.1, 0.15) is 11.0 Å². The zero-order valence-electron chi connectivity index (χ0n) is 14.7. The zero-order valence-corrected chi connectivity index (χ0v) is 15.4. The van der Waals surface area contributed by atoms with Crippen molar-refractivity contribution in [3.8, 4) is 0 Å². The second-order valence-electron chi connectivity index (χ2n) is 6.49. The van der Waals surface area contributed by atoms with Crippen molar-refractivity contribution in [1.29, 1.82) is 0 Å². The number of fused-ring (bicyclic) bond motifs is 1. The van der Waals surface area contributed by atoms with Crippen molar-refractivity contribution in [3.63, 3.8) is 0 Å². The molecule has 0 spiro atoms. The van der Waals surface area contributed by atoms with E-state index in [9.17, 15) is 9.59 Å². The number of halogens is 1. The van der Waals surface area contributed by atoms with E-state index in [1.807, 2.05) is 30.3 Å². The first kappa shape index (κ1) is 18.2. The fraction of sp³-hybridized carbons (Fsp3) is 0.238. The fourth-order valence-corrected chi connectivity index (χ4v) is 3.02. The first-order valence-electron chi connectivity index (χ1n) is 8.49. The highest BCUT2D eigenvalue weighted by Crippen LogP contribution is 2.24. The summed E-state index contributed by atoms with van der Waals surface area (Å²) in [7, 11) is 0. The standard InChI is InChI=1S/C21H20ClNO3/c1-13(2)15-8-9-18-17(10-15)16(11-19(24)26-18)12-23-21(25)20(22)14-6-4-3-5-7-14/h3-11,13,20H,12H2,1-2H3,(H,23,25). The number of carbonyl (C=O) groups is 1. The molecule has 1 atom stereocenters. The highest BCUT2D eigenvalue weighted by molar-refractivity contribution is 6.30. The van der Waals surface area contributed by atoms with Crippen LogP contribution in [0, 0.1) is 0 Å². The summed E-state index contributed by atoms with van der Waals surface area (Å²) < 4.78 is 5.27. The molecular formula is C21H20ClNO3. The number of carbonyl (C=O) groups excluding carboxylic acids is 1. The molecule has 4 nitrogen and oxygen atoms in total. The van der Waals surface area contributed by atoms with Crippen LogP contribution >= 0.6 is 11.6 Å². The topological polar surface area (TPSA) is 59.3 Å². The zero-order chi connectivity index (χ0) is 18.7. The minimum atomic E-state index is -0.784. The molecule has 1 heterocycles. The van der Waals surface area contributed by atoms with Crippen molar-refractivity contribution in [1.82, 2.24) is 5.32 Å².